The van der Waals surface area contributed by atoms with Gasteiger partial charge in [-0.1, -0.05) is 77.3 Å². The fourth-order valence-electron chi connectivity index (χ4n) is 4.30. The van der Waals surface area contributed by atoms with Crippen LogP contribution in [-0.2, 0) is 34.7 Å². The minimum absolute atomic E-state index is 0.0675. The maximum Gasteiger partial charge on any atom is 0.192 e. The normalized spacial score (nSPS) is 15.7. The van der Waals surface area contributed by atoms with Crippen LogP contribution in [-0.4, -0.2) is 72.3 Å². The van der Waals surface area contributed by atoms with E-state index in [1.54, 1.807) is 14.2 Å². The largest absolute Gasteiger partial charge is 0.414 e. The van der Waals surface area contributed by atoms with Gasteiger partial charge >= 0.3 is 0 Å². The zero-order valence-corrected chi connectivity index (χ0v) is 27.1. The molecule has 0 aliphatic heterocycles. The number of aliphatic hydroxyl groups excluding tert-OH is 1. The SMILES string of the molecule is CCCCC[C@H](C[C@H](OCOC)[C@H](C[C@H](CCCO)OCOC)OCc1ccccc1)O[Si](C)(C)C(C)(C)C. The van der Waals surface area contributed by atoms with E-state index in [0.717, 1.165) is 24.8 Å². The first-order valence-electron chi connectivity index (χ1n) is 14.7. The van der Waals surface area contributed by atoms with Crippen molar-refractivity contribution in [3.8, 4) is 0 Å². The van der Waals surface area contributed by atoms with Crippen LogP contribution in [0, 0.1) is 0 Å². The highest BCUT2D eigenvalue weighted by Gasteiger charge is 2.40. The number of methoxy groups -OCH3 is 2. The van der Waals surface area contributed by atoms with E-state index in [0.29, 0.717) is 25.9 Å². The molecular formula is C31H58O7Si. The molecule has 8 heteroatoms. The average molecular weight is 571 g/mol. The monoisotopic (exact) mass is 570 g/mol. The Balaban J connectivity index is 3.25. The summed E-state index contributed by atoms with van der Waals surface area (Å²) >= 11 is 0. The van der Waals surface area contributed by atoms with Gasteiger partial charge in [-0.3, -0.25) is 0 Å². The molecule has 0 bridgehead atoms. The van der Waals surface area contributed by atoms with Crippen molar-refractivity contribution in [1.82, 2.24) is 0 Å². The summed E-state index contributed by atoms with van der Waals surface area (Å²) in [6.45, 7) is 14.7. The standard InChI is InChI=1S/C31H58O7Si/c1-9-10-12-18-28(38-39(7,8)31(2,3)4)22-30(37-25-34-6)29(35-23-26-16-13-11-14-17-26)21-27(19-15-20-32)36-24-33-5/h11,13-14,16-17,27-30,32H,9-10,12,15,18-25H2,1-8H3/t27-,28+,29-,30-/m0/s1. The molecule has 7 nitrogen and oxygen atoms in total. The first-order chi connectivity index (χ1) is 18.6. The average Bonchev–Trinajstić information content (AvgIpc) is 2.90. The predicted octanol–water partition coefficient (Wildman–Crippen LogP) is 7.07. The molecule has 0 saturated carbocycles. The van der Waals surface area contributed by atoms with E-state index in [1.807, 2.05) is 18.2 Å². The maximum atomic E-state index is 9.48. The number of aliphatic hydroxyl groups is 1. The number of hydrogen-bond donors (Lipinski definition) is 1. The maximum absolute atomic E-state index is 9.48. The van der Waals surface area contributed by atoms with Gasteiger partial charge in [-0.25, -0.2) is 0 Å². The lowest BCUT2D eigenvalue weighted by Crippen LogP contribution is -2.46. The van der Waals surface area contributed by atoms with Crippen molar-refractivity contribution in [2.75, 3.05) is 34.4 Å². The zero-order chi connectivity index (χ0) is 29.2. The molecule has 0 spiro atoms. The Morgan fingerprint density at radius 1 is 0.795 bits per heavy atom. The number of unbranched alkanes of at least 4 members (excludes halogenated alkanes) is 2. The Hall–Kier alpha value is -0.843. The van der Waals surface area contributed by atoms with E-state index in [4.69, 9.17) is 28.1 Å². The fourth-order valence-corrected chi connectivity index (χ4v) is 5.70. The van der Waals surface area contributed by atoms with E-state index < -0.39 is 8.32 Å². The third-order valence-corrected chi connectivity index (χ3v) is 12.1. The lowest BCUT2D eigenvalue weighted by Gasteiger charge is -2.41. The summed E-state index contributed by atoms with van der Waals surface area (Å²) < 4.78 is 36.5. The van der Waals surface area contributed by atoms with E-state index in [-0.39, 0.29) is 49.6 Å². The number of rotatable bonds is 23. The highest BCUT2D eigenvalue weighted by atomic mass is 28.4. The van der Waals surface area contributed by atoms with Crippen LogP contribution in [0.1, 0.15) is 84.6 Å². The third kappa shape index (κ3) is 15.1. The summed E-state index contributed by atoms with van der Waals surface area (Å²) in [4.78, 5) is 0. The molecule has 0 aromatic heterocycles. The van der Waals surface area contributed by atoms with E-state index >= 15 is 0 Å². The second-order valence-corrected chi connectivity index (χ2v) is 16.7. The third-order valence-electron chi connectivity index (χ3n) is 7.61. The van der Waals surface area contributed by atoms with Crippen molar-refractivity contribution in [2.24, 2.45) is 0 Å². The van der Waals surface area contributed by atoms with Crippen molar-refractivity contribution in [3.63, 3.8) is 0 Å². The lowest BCUT2D eigenvalue weighted by atomic mass is 9.96. The molecular weight excluding hydrogens is 512 g/mol. The molecule has 0 amide bonds. The van der Waals surface area contributed by atoms with Crippen LogP contribution in [0.4, 0.5) is 0 Å². The molecule has 1 rings (SSSR count). The topological polar surface area (TPSA) is 75.6 Å². The van der Waals surface area contributed by atoms with Gasteiger partial charge in [0.25, 0.3) is 0 Å². The van der Waals surface area contributed by atoms with Gasteiger partial charge in [0.15, 0.2) is 8.32 Å². The zero-order valence-electron chi connectivity index (χ0n) is 26.1. The Kier molecular flexibility index (Phi) is 18.7. The number of hydrogen-bond acceptors (Lipinski definition) is 7. The molecule has 0 radical (unpaired) electrons. The van der Waals surface area contributed by atoms with Crippen LogP contribution in [0.2, 0.25) is 18.1 Å². The van der Waals surface area contributed by atoms with E-state index in [9.17, 15) is 5.11 Å². The summed E-state index contributed by atoms with van der Waals surface area (Å²) in [7, 11) is 1.27. The second kappa shape index (κ2) is 20.1. The minimum Gasteiger partial charge on any atom is -0.414 e. The van der Waals surface area contributed by atoms with E-state index in [1.165, 1.54) is 12.8 Å². The Bertz CT molecular complexity index is 703. The van der Waals surface area contributed by atoms with Crippen molar-refractivity contribution >= 4 is 8.32 Å². The minimum atomic E-state index is -2.00. The Morgan fingerprint density at radius 2 is 1.38 bits per heavy atom. The molecule has 39 heavy (non-hydrogen) atoms. The first kappa shape index (κ1) is 36.2. The molecule has 4 atom stereocenters. The van der Waals surface area contributed by atoms with Crippen molar-refractivity contribution < 1.29 is 33.2 Å². The Labute approximate surface area is 240 Å². The summed E-state index contributed by atoms with van der Waals surface area (Å²) in [5.74, 6) is 0. The molecule has 1 N–H and O–H groups in total. The molecule has 0 unspecified atom stereocenters. The highest BCUT2D eigenvalue weighted by Crippen LogP contribution is 2.39. The molecule has 1 aromatic carbocycles. The highest BCUT2D eigenvalue weighted by molar-refractivity contribution is 6.74. The van der Waals surface area contributed by atoms with Gasteiger partial charge in [0.2, 0.25) is 0 Å². The van der Waals surface area contributed by atoms with Gasteiger partial charge in [-0.05, 0) is 43.0 Å². The Morgan fingerprint density at radius 3 is 1.97 bits per heavy atom. The quantitative estimate of drug-likeness (QED) is 0.0856. The van der Waals surface area contributed by atoms with Crippen LogP contribution in [0.5, 0.6) is 0 Å². The molecule has 0 aliphatic rings. The van der Waals surface area contributed by atoms with Crippen LogP contribution in [0.3, 0.4) is 0 Å². The summed E-state index contributed by atoms with van der Waals surface area (Å²) in [6, 6.07) is 10.2. The van der Waals surface area contributed by atoms with Gasteiger partial charge < -0.3 is 33.2 Å². The van der Waals surface area contributed by atoms with Crippen molar-refractivity contribution in [2.45, 2.75) is 128 Å². The lowest BCUT2D eigenvalue weighted by molar-refractivity contribution is -0.159. The number of ether oxygens (including phenoxy) is 5. The predicted molar refractivity (Wildman–Crippen MR) is 160 cm³/mol. The van der Waals surface area contributed by atoms with Gasteiger partial charge in [0.05, 0.1) is 24.9 Å². The van der Waals surface area contributed by atoms with Crippen LogP contribution < -0.4 is 0 Å². The first-order valence-corrected chi connectivity index (χ1v) is 17.6. The van der Waals surface area contributed by atoms with Crippen molar-refractivity contribution in [3.05, 3.63) is 35.9 Å². The molecule has 228 valence electrons. The van der Waals surface area contributed by atoms with Crippen LogP contribution >= 0.6 is 0 Å². The smallest absolute Gasteiger partial charge is 0.192 e. The van der Waals surface area contributed by atoms with Gasteiger partial charge in [-0.2, -0.15) is 0 Å². The summed E-state index contributed by atoms with van der Waals surface area (Å²) in [5, 5.41) is 9.59. The fraction of sp³-hybridized carbons (Fsp3) is 0.806. The number of benzene rings is 1. The summed E-state index contributed by atoms with van der Waals surface area (Å²) in [6.07, 6.45) is 6.61. The summed E-state index contributed by atoms with van der Waals surface area (Å²) in [5.41, 5.74) is 1.11. The molecule has 0 fully saturated rings. The van der Waals surface area contributed by atoms with E-state index in [2.05, 4.69) is 52.9 Å². The second-order valence-electron chi connectivity index (χ2n) is 12.0. The van der Waals surface area contributed by atoms with Gasteiger partial charge in [0, 0.05) is 39.8 Å². The van der Waals surface area contributed by atoms with Crippen LogP contribution in [0.25, 0.3) is 0 Å². The van der Waals surface area contributed by atoms with Crippen LogP contribution in [0.15, 0.2) is 30.3 Å². The molecule has 1 aromatic rings. The van der Waals surface area contributed by atoms with Crippen molar-refractivity contribution in [1.29, 1.82) is 0 Å². The molecule has 0 saturated heterocycles. The van der Waals surface area contributed by atoms with Gasteiger partial charge in [0.1, 0.15) is 13.6 Å². The van der Waals surface area contributed by atoms with Gasteiger partial charge in [-0.15, -0.1) is 0 Å². The molecule has 0 heterocycles. The molecule has 0 aliphatic carbocycles.